The largest absolute Gasteiger partial charge is 0.324 e. The Morgan fingerprint density at radius 2 is 1.95 bits per heavy atom. The van der Waals surface area contributed by atoms with Crippen molar-refractivity contribution in [2.45, 2.75) is 19.5 Å². The number of aryl methyl sites for hydroxylation is 1. The summed E-state index contributed by atoms with van der Waals surface area (Å²) in [5, 5.41) is 2.93. The standard InChI is InChI=1S/C17H17N3O2/c1-12-7-3-4-8-13(12)18-17(22)16-14-9-5-6-10-20(14)11-15(21)19(16)2/h3-10,16H,11H2,1-2H3/p+1/t16-/m1/s1. The molecule has 5 heteroatoms. The highest BCUT2D eigenvalue weighted by Crippen LogP contribution is 2.23. The molecule has 0 aliphatic carbocycles. The quantitative estimate of drug-likeness (QED) is 0.853. The van der Waals surface area contributed by atoms with Gasteiger partial charge in [0.15, 0.2) is 12.2 Å². The molecule has 0 fully saturated rings. The van der Waals surface area contributed by atoms with Crippen molar-refractivity contribution in [1.29, 1.82) is 0 Å². The molecule has 22 heavy (non-hydrogen) atoms. The third-order valence-electron chi connectivity index (χ3n) is 3.99. The summed E-state index contributed by atoms with van der Waals surface area (Å²) in [5.74, 6) is -0.279. The zero-order chi connectivity index (χ0) is 15.7. The molecule has 1 atom stereocenters. The summed E-state index contributed by atoms with van der Waals surface area (Å²) in [7, 11) is 1.67. The van der Waals surface area contributed by atoms with Crippen LogP contribution < -0.4 is 9.88 Å². The van der Waals surface area contributed by atoms with Crippen molar-refractivity contribution in [3.8, 4) is 0 Å². The summed E-state index contributed by atoms with van der Waals surface area (Å²) in [6.07, 6.45) is 1.83. The van der Waals surface area contributed by atoms with E-state index in [4.69, 9.17) is 0 Å². The summed E-state index contributed by atoms with van der Waals surface area (Å²) >= 11 is 0. The van der Waals surface area contributed by atoms with Gasteiger partial charge in [-0.2, -0.15) is 4.57 Å². The van der Waals surface area contributed by atoms with E-state index in [9.17, 15) is 9.59 Å². The van der Waals surface area contributed by atoms with Crippen LogP contribution >= 0.6 is 0 Å². The molecule has 2 aromatic rings. The zero-order valence-corrected chi connectivity index (χ0v) is 12.6. The predicted molar refractivity (Wildman–Crippen MR) is 82.0 cm³/mol. The number of amides is 2. The second-order valence-corrected chi connectivity index (χ2v) is 5.46. The minimum atomic E-state index is -0.623. The summed E-state index contributed by atoms with van der Waals surface area (Å²) in [4.78, 5) is 26.3. The molecule has 112 valence electrons. The average molecular weight is 296 g/mol. The van der Waals surface area contributed by atoms with E-state index in [-0.39, 0.29) is 18.4 Å². The number of likely N-dealkylation sites (N-methyl/N-ethyl adjacent to an activating group) is 1. The maximum absolute atomic E-state index is 12.7. The van der Waals surface area contributed by atoms with Crippen LogP contribution in [-0.4, -0.2) is 23.8 Å². The van der Waals surface area contributed by atoms with Gasteiger partial charge in [-0.15, -0.1) is 0 Å². The fourth-order valence-corrected chi connectivity index (χ4v) is 2.71. The lowest BCUT2D eigenvalue weighted by Crippen LogP contribution is -2.57. The Kier molecular flexibility index (Phi) is 3.63. The van der Waals surface area contributed by atoms with Gasteiger partial charge in [0.1, 0.15) is 0 Å². The zero-order valence-electron chi connectivity index (χ0n) is 12.6. The van der Waals surface area contributed by atoms with Gasteiger partial charge in [-0.25, -0.2) is 0 Å². The van der Waals surface area contributed by atoms with Crippen LogP contribution in [0.5, 0.6) is 0 Å². The molecule has 0 radical (unpaired) electrons. The van der Waals surface area contributed by atoms with Gasteiger partial charge >= 0.3 is 0 Å². The number of para-hydroxylation sites is 1. The maximum Gasteiger partial charge on any atom is 0.289 e. The molecular formula is C17H18N3O2+. The van der Waals surface area contributed by atoms with Gasteiger partial charge in [-0.3, -0.25) is 9.59 Å². The van der Waals surface area contributed by atoms with Crippen LogP contribution in [0.3, 0.4) is 0 Å². The normalized spacial score (nSPS) is 17.1. The highest BCUT2D eigenvalue weighted by Gasteiger charge is 2.40. The lowest BCUT2D eigenvalue weighted by molar-refractivity contribution is -0.698. The number of pyridine rings is 1. The predicted octanol–water partition coefficient (Wildman–Crippen LogP) is 1.43. The van der Waals surface area contributed by atoms with Crippen molar-refractivity contribution >= 4 is 17.5 Å². The van der Waals surface area contributed by atoms with Crippen molar-refractivity contribution in [2.24, 2.45) is 0 Å². The number of carbonyl (C=O) groups excluding carboxylic acids is 2. The summed E-state index contributed by atoms with van der Waals surface area (Å²) < 4.78 is 1.82. The Balaban J connectivity index is 1.94. The number of fused-ring (bicyclic) bond motifs is 1. The molecule has 1 aromatic heterocycles. The second kappa shape index (κ2) is 5.60. The van der Waals surface area contributed by atoms with E-state index in [1.54, 1.807) is 7.05 Å². The highest BCUT2D eigenvalue weighted by atomic mass is 16.2. The molecule has 3 rings (SSSR count). The minimum absolute atomic E-state index is 0.0753. The number of hydrogen-bond acceptors (Lipinski definition) is 2. The Morgan fingerprint density at radius 1 is 1.23 bits per heavy atom. The molecule has 2 heterocycles. The van der Waals surface area contributed by atoms with Crippen molar-refractivity contribution in [3.63, 3.8) is 0 Å². The van der Waals surface area contributed by atoms with Crippen molar-refractivity contribution in [3.05, 3.63) is 59.9 Å². The Morgan fingerprint density at radius 3 is 2.73 bits per heavy atom. The Bertz CT molecular complexity index is 742. The molecule has 0 spiro atoms. The number of anilines is 1. The van der Waals surface area contributed by atoms with E-state index in [1.165, 1.54) is 4.90 Å². The minimum Gasteiger partial charge on any atom is -0.324 e. The van der Waals surface area contributed by atoms with Crippen LogP contribution in [0.15, 0.2) is 48.7 Å². The molecule has 0 unspecified atom stereocenters. The van der Waals surface area contributed by atoms with E-state index in [1.807, 2.05) is 60.2 Å². The maximum atomic E-state index is 12.7. The van der Waals surface area contributed by atoms with Gasteiger partial charge in [0.05, 0.1) is 0 Å². The average Bonchev–Trinajstić information content (AvgIpc) is 2.50. The van der Waals surface area contributed by atoms with Gasteiger partial charge < -0.3 is 10.2 Å². The van der Waals surface area contributed by atoms with Gasteiger partial charge in [-0.05, 0) is 18.6 Å². The molecule has 1 aliphatic heterocycles. The van der Waals surface area contributed by atoms with Crippen molar-refractivity contribution in [1.82, 2.24) is 4.90 Å². The van der Waals surface area contributed by atoms with E-state index < -0.39 is 6.04 Å². The molecule has 2 amide bonds. The van der Waals surface area contributed by atoms with Crippen molar-refractivity contribution < 1.29 is 14.2 Å². The van der Waals surface area contributed by atoms with E-state index in [0.29, 0.717) is 0 Å². The molecular weight excluding hydrogens is 278 g/mol. The SMILES string of the molecule is Cc1ccccc1NC(=O)[C@H]1c2cccc[n+]2CC(=O)N1C. The highest BCUT2D eigenvalue weighted by molar-refractivity contribution is 5.98. The van der Waals surface area contributed by atoms with Crippen LogP contribution in [0.1, 0.15) is 17.3 Å². The second-order valence-electron chi connectivity index (χ2n) is 5.46. The number of hydrogen-bond donors (Lipinski definition) is 1. The lowest BCUT2D eigenvalue weighted by atomic mass is 10.1. The van der Waals surface area contributed by atoms with Gasteiger partial charge in [0, 0.05) is 24.9 Å². The molecule has 0 bridgehead atoms. The number of carbonyl (C=O) groups is 2. The molecule has 0 saturated heterocycles. The number of nitrogens with zero attached hydrogens (tertiary/aromatic N) is 2. The summed E-state index contributed by atoms with van der Waals surface area (Å²) in [6, 6.07) is 12.6. The first kappa shape index (κ1) is 14.3. The first-order valence-corrected chi connectivity index (χ1v) is 7.18. The summed E-state index contributed by atoms with van der Waals surface area (Å²) in [5.41, 5.74) is 2.57. The lowest BCUT2D eigenvalue weighted by Gasteiger charge is -2.28. The first-order valence-electron chi connectivity index (χ1n) is 7.18. The van der Waals surface area contributed by atoms with E-state index in [2.05, 4.69) is 5.32 Å². The fourth-order valence-electron chi connectivity index (χ4n) is 2.71. The third kappa shape index (κ3) is 2.45. The molecule has 5 nitrogen and oxygen atoms in total. The van der Waals surface area contributed by atoms with Gasteiger partial charge in [0.25, 0.3) is 11.8 Å². The number of nitrogens with one attached hydrogen (secondary N) is 1. The summed E-state index contributed by atoms with van der Waals surface area (Å²) in [6.45, 7) is 2.20. The Hall–Kier alpha value is -2.69. The van der Waals surface area contributed by atoms with Crippen LogP contribution in [0, 0.1) is 6.92 Å². The molecule has 1 aliphatic rings. The third-order valence-corrected chi connectivity index (χ3v) is 3.99. The van der Waals surface area contributed by atoms with Crippen molar-refractivity contribution in [2.75, 3.05) is 12.4 Å². The molecule has 0 saturated carbocycles. The number of rotatable bonds is 2. The van der Waals surface area contributed by atoms with E-state index in [0.717, 1.165) is 16.9 Å². The van der Waals surface area contributed by atoms with Crippen LogP contribution in [0.25, 0.3) is 0 Å². The number of benzene rings is 1. The van der Waals surface area contributed by atoms with Gasteiger partial charge in [0.2, 0.25) is 12.2 Å². The Labute approximate surface area is 129 Å². The first-order chi connectivity index (χ1) is 10.6. The fraction of sp³-hybridized carbons (Fsp3) is 0.235. The van der Waals surface area contributed by atoms with Crippen LogP contribution in [0.4, 0.5) is 5.69 Å². The monoisotopic (exact) mass is 296 g/mol. The molecule has 1 N–H and O–H groups in total. The van der Waals surface area contributed by atoms with Gasteiger partial charge in [-0.1, -0.05) is 24.3 Å². The topological polar surface area (TPSA) is 53.3 Å². The number of aromatic nitrogens is 1. The smallest absolute Gasteiger partial charge is 0.289 e. The molecule has 1 aromatic carbocycles. The van der Waals surface area contributed by atoms with Crippen LogP contribution in [-0.2, 0) is 16.1 Å². The van der Waals surface area contributed by atoms with Crippen LogP contribution in [0.2, 0.25) is 0 Å². The van der Waals surface area contributed by atoms with E-state index >= 15 is 0 Å².